The lowest BCUT2D eigenvalue weighted by atomic mass is 9.91. The molecule has 2 nitrogen and oxygen atoms in total. The first-order valence-electron chi connectivity index (χ1n) is 7.90. The van der Waals surface area contributed by atoms with Gasteiger partial charge in [0.15, 0.2) is 5.11 Å². The van der Waals surface area contributed by atoms with Gasteiger partial charge in [-0.05, 0) is 67.9 Å². The molecule has 0 saturated heterocycles. The van der Waals surface area contributed by atoms with Crippen LogP contribution in [0.1, 0.15) is 51.0 Å². The van der Waals surface area contributed by atoms with E-state index in [1.54, 1.807) is 0 Å². The third-order valence-corrected chi connectivity index (χ3v) is 5.04. The average Bonchev–Trinajstić information content (AvgIpc) is 3.22. The van der Waals surface area contributed by atoms with Gasteiger partial charge in [0.05, 0.1) is 0 Å². The van der Waals surface area contributed by atoms with Crippen LogP contribution >= 0.6 is 12.2 Å². The number of aryl methyl sites for hydroxylation is 1. The first-order valence-corrected chi connectivity index (χ1v) is 8.31. The Hall–Kier alpha value is -1.09. The van der Waals surface area contributed by atoms with Crippen molar-refractivity contribution in [2.75, 3.05) is 5.32 Å². The second-order valence-electron chi connectivity index (χ2n) is 6.27. The van der Waals surface area contributed by atoms with Gasteiger partial charge in [-0.1, -0.05) is 31.9 Å². The van der Waals surface area contributed by atoms with E-state index in [0.29, 0.717) is 5.54 Å². The van der Waals surface area contributed by atoms with Crippen molar-refractivity contribution in [3.8, 4) is 0 Å². The van der Waals surface area contributed by atoms with E-state index in [4.69, 9.17) is 12.2 Å². The highest BCUT2D eigenvalue weighted by molar-refractivity contribution is 7.80. The summed E-state index contributed by atoms with van der Waals surface area (Å²) in [6.07, 6.45) is 9.09. The Balaban J connectivity index is 1.61. The summed E-state index contributed by atoms with van der Waals surface area (Å²) in [5.41, 5.74) is 2.75. The molecule has 2 aliphatic rings. The van der Waals surface area contributed by atoms with Crippen molar-refractivity contribution in [3.05, 3.63) is 29.8 Å². The fourth-order valence-electron chi connectivity index (χ4n) is 3.49. The van der Waals surface area contributed by atoms with Gasteiger partial charge in [0.2, 0.25) is 0 Å². The van der Waals surface area contributed by atoms with E-state index in [0.717, 1.165) is 23.1 Å². The number of rotatable bonds is 4. The molecule has 0 unspecified atom stereocenters. The quantitative estimate of drug-likeness (QED) is 0.810. The van der Waals surface area contributed by atoms with Crippen molar-refractivity contribution >= 4 is 23.0 Å². The molecule has 0 aromatic heterocycles. The third kappa shape index (κ3) is 2.98. The summed E-state index contributed by atoms with van der Waals surface area (Å²) in [4.78, 5) is 0. The smallest absolute Gasteiger partial charge is 0.171 e. The van der Waals surface area contributed by atoms with Gasteiger partial charge in [0.1, 0.15) is 0 Å². The average molecular weight is 288 g/mol. The van der Waals surface area contributed by atoms with Crippen LogP contribution in [0.5, 0.6) is 0 Å². The maximum atomic E-state index is 5.53. The maximum Gasteiger partial charge on any atom is 0.171 e. The molecule has 3 rings (SSSR count). The highest BCUT2D eigenvalue weighted by atomic mass is 32.1. The van der Waals surface area contributed by atoms with Gasteiger partial charge in [-0.15, -0.1) is 0 Å². The summed E-state index contributed by atoms with van der Waals surface area (Å²) in [5.74, 6) is 0.854. The standard InChI is InChI=1S/C17H24N2S/c1-2-13-5-9-15(10-6-13)18-16(20)19-17(14-7-8-14)11-3-4-12-17/h5-6,9-10,14H,2-4,7-8,11-12H2,1H3,(H2,18,19,20). The maximum absolute atomic E-state index is 5.53. The lowest BCUT2D eigenvalue weighted by molar-refractivity contribution is 0.340. The second kappa shape index (κ2) is 5.72. The molecule has 2 N–H and O–H groups in total. The normalized spacial score (nSPS) is 20.6. The largest absolute Gasteiger partial charge is 0.357 e. The molecule has 2 saturated carbocycles. The predicted molar refractivity (Wildman–Crippen MR) is 89.1 cm³/mol. The van der Waals surface area contributed by atoms with Gasteiger partial charge in [-0.2, -0.15) is 0 Å². The van der Waals surface area contributed by atoms with Gasteiger partial charge in [-0.3, -0.25) is 0 Å². The van der Waals surface area contributed by atoms with Crippen LogP contribution in [0.3, 0.4) is 0 Å². The van der Waals surface area contributed by atoms with Crippen LogP contribution in [-0.2, 0) is 6.42 Å². The molecule has 0 aliphatic heterocycles. The van der Waals surface area contributed by atoms with Crippen LogP contribution in [0.25, 0.3) is 0 Å². The van der Waals surface area contributed by atoms with Crippen LogP contribution in [0.2, 0.25) is 0 Å². The summed E-state index contributed by atoms with van der Waals surface area (Å²) < 4.78 is 0. The Labute approximate surface area is 127 Å². The summed E-state index contributed by atoms with van der Waals surface area (Å²) in [5, 5.41) is 7.79. The van der Waals surface area contributed by atoms with Crippen molar-refractivity contribution in [3.63, 3.8) is 0 Å². The van der Waals surface area contributed by atoms with Gasteiger partial charge in [0, 0.05) is 11.2 Å². The highest BCUT2D eigenvalue weighted by Crippen LogP contribution is 2.48. The van der Waals surface area contributed by atoms with E-state index < -0.39 is 0 Å². The molecule has 0 bridgehead atoms. The predicted octanol–water partition coefficient (Wildman–Crippen LogP) is 4.26. The van der Waals surface area contributed by atoms with Gasteiger partial charge in [-0.25, -0.2) is 0 Å². The molecule has 1 aromatic rings. The number of hydrogen-bond donors (Lipinski definition) is 2. The zero-order chi connectivity index (χ0) is 14.0. The molecule has 20 heavy (non-hydrogen) atoms. The fourth-order valence-corrected chi connectivity index (χ4v) is 3.81. The lowest BCUT2D eigenvalue weighted by Crippen LogP contribution is -2.49. The Kier molecular flexibility index (Phi) is 3.97. The molecule has 0 spiro atoms. The molecule has 3 heteroatoms. The lowest BCUT2D eigenvalue weighted by Gasteiger charge is -2.32. The number of nitrogens with one attached hydrogen (secondary N) is 2. The minimum Gasteiger partial charge on any atom is -0.357 e. The topological polar surface area (TPSA) is 24.1 Å². The molecular formula is C17H24N2S. The van der Waals surface area contributed by atoms with Crippen molar-refractivity contribution in [1.82, 2.24) is 5.32 Å². The molecule has 0 heterocycles. The minimum atomic E-state index is 0.299. The molecular weight excluding hydrogens is 264 g/mol. The zero-order valence-electron chi connectivity index (χ0n) is 12.2. The highest BCUT2D eigenvalue weighted by Gasteiger charge is 2.47. The number of benzene rings is 1. The SMILES string of the molecule is CCc1ccc(NC(=S)NC2(C3CC3)CCCC2)cc1. The summed E-state index contributed by atoms with van der Waals surface area (Å²) in [6.45, 7) is 2.17. The van der Waals surface area contributed by atoms with Gasteiger partial charge in [0.25, 0.3) is 0 Å². The first-order chi connectivity index (χ1) is 9.72. The molecule has 0 radical (unpaired) electrons. The minimum absolute atomic E-state index is 0.299. The molecule has 0 atom stereocenters. The van der Waals surface area contributed by atoms with Crippen molar-refractivity contribution < 1.29 is 0 Å². The van der Waals surface area contributed by atoms with Gasteiger partial charge < -0.3 is 10.6 Å². The van der Waals surface area contributed by atoms with E-state index in [2.05, 4.69) is 41.8 Å². The summed E-state index contributed by atoms with van der Waals surface area (Å²) in [7, 11) is 0. The van der Waals surface area contributed by atoms with Crippen LogP contribution in [0.4, 0.5) is 5.69 Å². The Morgan fingerprint density at radius 1 is 1.20 bits per heavy atom. The van der Waals surface area contributed by atoms with E-state index in [1.165, 1.54) is 44.1 Å². The van der Waals surface area contributed by atoms with Gasteiger partial charge >= 0.3 is 0 Å². The molecule has 1 aromatic carbocycles. The summed E-state index contributed by atoms with van der Waals surface area (Å²) >= 11 is 5.53. The van der Waals surface area contributed by atoms with Crippen molar-refractivity contribution in [2.45, 2.75) is 57.4 Å². The third-order valence-electron chi connectivity index (χ3n) is 4.84. The number of thiocarbonyl (C=S) groups is 1. The van der Waals surface area contributed by atoms with E-state index in [-0.39, 0.29) is 0 Å². The summed E-state index contributed by atoms with van der Waals surface area (Å²) in [6, 6.07) is 8.56. The van der Waals surface area contributed by atoms with Crippen molar-refractivity contribution in [1.29, 1.82) is 0 Å². The van der Waals surface area contributed by atoms with E-state index in [1.807, 2.05) is 0 Å². The second-order valence-corrected chi connectivity index (χ2v) is 6.68. The van der Waals surface area contributed by atoms with Crippen LogP contribution < -0.4 is 10.6 Å². The number of anilines is 1. The van der Waals surface area contributed by atoms with Crippen LogP contribution in [-0.4, -0.2) is 10.7 Å². The fraction of sp³-hybridized carbons (Fsp3) is 0.588. The Morgan fingerprint density at radius 2 is 1.85 bits per heavy atom. The van der Waals surface area contributed by atoms with Crippen molar-refractivity contribution in [2.24, 2.45) is 5.92 Å². The Bertz CT molecular complexity index is 470. The molecule has 108 valence electrons. The Morgan fingerprint density at radius 3 is 2.40 bits per heavy atom. The molecule has 2 fully saturated rings. The van der Waals surface area contributed by atoms with E-state index >= 15 is 0 Å². The molecule has 2 aliphatic carbocycles. The van der Waals surface area contributed by atoms with Crippen LogP contribution in [0, 0.1) is 5.92 Å². The van der Waals surface area contributed by atoms with E-state index in [9.17, 15) is 0 Å². The molecule has 0 amide bonds. The zero-order valence-corrected chi connectivity index (χ0v) is 13.1. The number of hydrogen-bond acceptors (Lipinski definition) is 1. The first kappa shape index (κ1) is 13.9. The van der Waals surface area contributed by atoms with Crippen LogP contribution in [0.15, 0.2) is 24.3 Å². The monoisotopic (exact) mass is 288 g/mol.